The molecule has 0 saturated carbocycles. The molecule has 1 aliphatic heterocycles. The minimum atomic E-state index is -0.512. The second kappa shape index (κ2) is 8.19. The molecule has 1 fully saturated rings. The Bertz CT molecular complexity index is 970. The Hall–Kier alpha value is -3.24. The first-order chi connectivity index (χ1) is 13.4. The predicted molar refractivity (Wildman–Crippen MR) is 105 cm³/mol. The molecule has 0 radical (unpaired) electrons. The first kappa shape index (κ1) is 19.5. The third-order valence-corrected chi connectivity index (χ3v) is 4.80. The molecule has 2 amide bonds. The van der Waals surface area contributed by atoms with E-state index in [1.807, 2.05) is 0 Å². The number of rotatable bonds is 5. The summed E-state index contributed by atoms with van der Waals surface area (Å²) in [7, 11) is 3.12. The number of benzene rings is 2. The minimum absolute atomic E-state index is 0.0519. The van der Waals surface area contributed by atoms with Crippen LogP contribution >= 0.6 is 11.6 Å². The van der Waals surface area contributed by atoms with Gasteiger partial charge in [0.1, 0.15) is 23.3 Å². The van der Waals surface area contributed by atoms with Crippen LogP contribution in [0.2, 0.25) is 5.02 Å². The average Bonchev–Trinajstić information content (AvgIpc) is 3.01. The SMILES string of the molecule is [C-]#[N+]c1ccc(Oc2ccc(OC)c(NC(=O)[C@@H]3CCC(=O)N3C)c2)cc1Cl. The molecule has 1 atom stereocenters. The summed E-state index contributed by atoms with van der Waals surface area (Å²) in [6.07, 6.45) is 0.835. The van der Waals surface area contributed by atoms with Gasteiger partial charge in [0.15, 0.2) is 0 Å². The Kier molecular flexibility index (Phi) is 5.71. The smallest absolute Gasteiger partial charge is 0.247 e. The number of anilines is 1. The fourth-order valence-electron chi connectivity index (χ4n) is 2.95. The van der Waals surface area contributed by atoms with Gasteiger partial charge < -0.3 is 19.7 Å². The number of ether oxygens (including phenoxy) is 2. The van der Waals surface area contributed by atoms with E-state index >= 15 is 0 Å². The van der Waals surface area contributed by atoms with Gasteiger partial charge in [-0.1, -0.05) is 17.7 Å². The lowest BCUT2D eigenvalue weighted by atomic mass is 10.2. The number of halogens is 1. The maximum atomic E-state index is 12.6. The van der Waals surface area contributed by atoms with Crippen LogP contribution in [0.1, 0.15) is 12.8 Å². The third kappa shape index (κ3) is 4.02. The van der Waals surface area contributed by atoms with Gasteiger partial charge in [-0.15, -0.1) is 0 Å². The molecule has 8 heteroatoms. The number of likely N-dealkylation sites (N-methyl/N-ethyl adjacent to an activating group) is 1. The third-order valence-electron chi connectivity index (χ3n) is 4.50. The molecule has 2 aromatic rings. The van der Waals surface area contributed by atoms with Gasteiger partial charge in [0.25, 0.3) is 0 Å². The van der Waals surface area contributed by atoms with Crippen molar-refractivity contribution in [2.24, 2.45) is 0 Å². The van der Waals surface area contributed by atoms with Crippen LogP contribution in [0.15, 0.2) is 36.4 Å². The molecular formula is C20H18ClN3O4. The number of nitrogens with zero attached hydrogens (tertiary/aromatic N) is 2. The van der Waals surface area contributed by atoms with Gasteiger partial charge in [-0.05, 0) is 30.7 Å². The molecule has 1 heterocycles. The molecule has 0 spiro atoms. The molecule has 7 nitrogen and oxygen atoms in total. The van der Waals surface area contributed by atoms with Crippen LogP contribution in [-0.4, -0.2) is 36.9 Å². The van der Waals surface area contributed by atoms with Crippen molar-refractivity contribution in [1.82, 2.24) is 4.90 Å². The number of amides is 2. The summed E-state index contributed by atoms with van der Waals surface area (Å²) >= 11 is 6.04. The summed E-state index contributed by atoms with van der Waals surface area (Å²) in [5, 5.41) is 3.10. The van der Waals surface area contributed by atoms with Crippen molar-refractivity contribution in [3.8, 4) is 17.2 Å². The quantitative estimate of drug-likeness (QED) is 0.763. The van der Waals surface area contributed by atoms with E-state index in [1.165, 1.54) is 12.0 Å². The largest absolute Gasteiger partial charge is 0.495 e. The summed E-state index contributed by atoms with van der Waals surface area (Å²) in [5.41, 5.74) is 0.772. The van der Waals surface area contributed by atoms with Crippen LogP contribution in [0.3, 0.4) is 0 Å². The number of carbonyl (C=O) groups excluding carboxylic acids is 2. The second-order valence-corrected chi connectivity index (χ2v) is 6.64. The molecule has 1 saturated heterocycles. The average molecular weight is 400 g/mol. The highest BCUT2D eigenvalue weighted by molar-refractivity contribution is 6.33. The van der Waals surface area contributed by atoms with E-state index in [-0.39, 0.29) is 11.8 Å². The van der Waals surface area contributed by atoms with E-state index in [9.17, 15) is 9.59 Å². The van der Waals surface area contributed by atoms with E-state index in [1.54, 1.807) is 43.4 Å². The van der Waals surface area contributed by atoms with Gasteiger partial charge in [0, 0.05) is 19.5 Å². The van der Waals surface area contributed by atoms with Crippen molar-refractivity contribution in [3.05, 3.63) is 52.8 Å². The predicted octanol–water partition coefficient (Wildman–Crippen LogP) is 4.25. The maximum absolute atomic E-state index is 12.6. The summed E-state index contributed by atoms with van der Waals surface area (Å²) in [4.78, 5) is 29.0. The number of carbonyl (C=O) groups is 2. The standard InChI is InChI=1S/C20H18ClN3O4/c1-22-15-6-4-12(10-14(15)21)28-13-5-8-18(27-3)16(11-13)23-20(26)17-7-9-19(25)24(17)2/h4-6,8,10-11,17H,7,9H2,2-3H3,(H,23,26)/t17-/m0/s1. The molecule has 0 aromatic heterocycles. The lowest BCUT2D eigenvalue weighted by Gasteiger charge is -2.20. The van der Waals surface area contributed by atoms with Crippen molar-refractivity contribution in [2.45, 2.75) is 18.9 Å². The van der Waals surface area contributed by atoms with Crippen LogP contribution in [0.4, 0.5) is 11.4 Å². The summed E-state index contributed by atoms with van der Waals surface area (Å²) in [6.45, 7) is 7.03. The maximum Gasteiger partial charge on any atom is 0.247 e. The Balaban J connectivity index is 1.80. The monoisotopic (exact) mass is 399 g/mol. The first-order valence-electron chi connectivity index (χ1n) is 8.52. The van der Waals surface area contributed by atoms with Gasteiger partial charge in [0.2, 0.25) is 17.5 Å². The second-order valence-electron chi connectivity index (χ2n) is 6.24. The number of nitrogens with one attached hydrogen (secondary N) is 1. The zero-order valence-corrected chi connectivity index (χ0v) is 16.1. The van der Waals surface area contributed by atoms with Crippen LogP contribution in [-0.2, 0) is 9.59 Å². The van der Waals surface area contributed by atoms with Gasteiger partial charge in [-0.25, -0.2) is 4.85 Å². The molecule has 0 unspecified atom stereocenters. The van der Waals surface area contributed by atoms with Crippen molar-refractivity contribution in [1.29, 1.82) is 0 Å². The number of hydrogen-bond acceptors (Lipinski definition) is 4. The highest BCUT2D eigenvalue weighted by atomic mass is 35.5. The molecule has 2 aromatic carbocycles. The van der Waals surface area contributed by atoms with Gasteiger partial charge in [-0.3, -0.25) is 9.59 Å². The molecule has 28 heavy (non-hydrogen) atoms. The fraction of sp³-hybridized carbons (Fsp3) is 0.250. The highest BCUT2D eigenvalue weighted by Crippen LogP contribution is 2.35. The minimum Gasteiger partial charge on any atom is -0.495 e. The summed E-state index contributed by atoms with van der Waals surface area (Å²) in [5.74, 6) is 1.05. The molecule has 1 N–H and O–H groups in total. The molecule has 144 valence electrons. The van der Waals surface area contributed by atoms with E-state index in [4.69, 9.17) is 27.6 Å². The molecule has 3 rings (SSSR count). The zero-order chi connectivity index (χ0) is 20.3. The van der Waals surface area contributed by atoms with E-state index < -0.39 is 6.04 Å². The Morgan fingerprint density at radius 1 is 1.29 bits per heavy atom. The molecule has 0 aliphatic carbocycles. The number of hydrogen-bond donors (Lipinski definition) is 1. The fourth-order valence-corrected chi connectivity index (χ4v) is 3.17. The Labute approximate surface area is 167 Å². The Morgan fingerprint density at radius 2 is 2.00 bits per heavy atom. The van der Waals surface area contributed by atoms with Gasteiger partial charge >= 0.3 is 0 Å². The Morgan fingerprint density at radius 3 is 2.61 bits per heavy atom. The summed E-state index contributed by atoms with van der Waals surface area (Å²) < 4.78 is 11.1. The normalized spacial score (nSPS) is 15.9. The van der Waals surface area contributed by atoms with Crippen LogP contribution in [0, 0.1) is 6.57 Å². The molecule has 1 aliphatic rings. The number of methoxy groups -OCH3 is 1. The van der Waals surface area contributed by atoms with E-state index in [0.717, 1.165) is 0 Å². The van der Waals surface area contributed by atoms with Crippen LogP contribution < -0.4 is 14.8 Å². The lowest BCUT2D eigenvalue weighted by molar-refractivity contribution is -0.131. The van der Waals surface area contributed by atoms with E-state index in [0.29, 0.717) is 46.5 Å². The highest BCUT2D eigenvalue weighted by Gasteiger charge is 2.33. The van der Waals surface area contributed by atoms with Crippen LogP contribution in [0.25, 0.3) is 4.85 Å². The van der Waals surface area contributed by atoms with Crippen LogP contribution in [0.5, 0.6) is 17.2 Å². The lowest BCUT2D eigenvalue weighted by Crippen LogP contribution is -2.38. The van der Waals surface area contributed by atoms with Crippen molar-refractivity contribution in [3.63, 3.8) is 0 Å². The molecular weight excluding hydrogens is 382 g/mol. The van der Waals surface area contributed by atoms with Crippen molar-refractivity contribution in [2.75, 3.05) is 19.5 Å². The van der Waals surface area contributed by atoms with Gasteiger partial charge in [0.05, 0.1) is 24.4 Å². The molecule has 0 bridgehead atoms. The zero-order valence-electron chi connectivity index (χ0n) is 15.4. The first-order valence-corrected chi connectivity index (χ1v) is 8.90. The van der Waals surface area contributed by atoms with Crippen molar-refractivity contribution >= 4 is 34.8 Å². The summed E-state index contributed by atoms with van der Waals surface area (Å²) in [6, 6.07) is 9.24. The topological polar surface area (TPSA) is 72.2 Å². The number of likely N-dealkylation sites (tertiary alicyclic amines) is 1. The van der Waals surface area contributed by atoms with Gasteiger partial charge in [-0.2, -0.15) is 0 Å². The van der Waals surface area contributed by atoms with E-state index in [2.05, 4.69) is 10.2 Å². The van der Waals surface area contributed by atoms with Crippen molar-refractivity contribution < 1.29 is 19.1 Å².